The number of rotatable bonds is 3. The Morgan fingerprint density at radius 3 is 2.42 bits per heavy atom. The topological polar surface area (TPSA) is 35.1 Å². The zero-order chi connectivity index (χ0) is 29.8. The molecular weight excluding hydrogens is 550 g/mol. The largest absolute Gasteiger partial charge is 0.461 e. The lowest BCUT2D eigenvalue weighted by Crippen LogP contribution is -2.82. The highest BCUT2D eigenvalue weighted by atomic mass is 16.5. The molecule has 1 unspecified atom stereocenters. The Balaban J connectivity index is 1.26. The minimum atomic E-state index is -0.462. The molecule has 3 nitrogen and oxygen atoms in total. The van der Waals surface area contributed by atoms with Crippen molar-refractivity contribution in [2.24, 2.45) is 0 Å². The third-order valence-electron chi connectivity index (χ3n) is 10.2. The number of ether oxygens (including phenoxy) is 2. The SMILES string of the molecule is C1=CCCC(c2cccc(-c3ccc4c(c3)OC3=C(CCC(C5=CC=CC[NH2+]5)=C3)C43C4=C(CCC=C4)Oc4ccccc43)c2)=C1. The third kappa shape index (κ3) is 4.22. The van der Waals surface area contributed by atoms with Crippen molar-refractivity contribution in [2.45, 2.75) is 43.9 Å². The third-order valence-corrected chi connectivity index (χ3v) is 10.2. The van der Waals surface area contributed by atoms with E-state index in [1.807, 2.05) is 0 Å². The molecule has 3 heteroatoms. The summed E-state index contributed by atoms with van der Waals surface area (Å²) < 4.78 is 13.7. The summed E-state index contributed by atoms with van der Waals surface area (Å²) in [6.45, 7) is 0.976. The Morgan fingerprint density at radius 1 is 0.644 bits per heavy atom. The minimum Gasteiger partial charge on any atom is -0.461 e. The van der Waals surface area contributed by atoms with Crippen LogP contribution in [0.1, 0.15) is 55.2 Å². The molecule has 6 aliphatic rings. The first-order chi connectivity index (χ1) is 22.3. The van der Waals surface area contributed by atoms with Crippen molar-refractivity contribution >= 4 is 5.57 Å². The second-order valence-electron chi connectivity index (χ2n) is 12.7. The first-order valence-electron chi connectivity index (χ1n) is 16.4. The molecule has 0 fully saturated rings. The van der Waals surface area contributed by atoms with Gasteiger partial charge in [-0.05, 0) is 96.4 Å². The van der Waals surface area contributed by atoms with E-state index in [2.05, 4.69) is 127 Å². The van der Waals surface area contributed by atoms with Crippen LogP contribution in [0, 0.1) is 0 Å². The number of allylic oxidation sites excluding steroid dienone is 13. The molecule has 3 aromatic rings. The second-order valence-corrected chi connectivity index (χ2v) is 12.7. The molecule has 3 heterocycles. The number of hydrogen-bond donors (Lipinski definition) is 1. The van der Waals surface area contributed by atoms with Gasteiger partial charge in [0, 0.05) is 28.7 Å². The van der Waals surface area contributed by atoms with Gasteiger partial charge in [-0.2, -0.15) is 0 Å². The van der Waals surface area contributed by atoms with E-state index in [0.29, 0.717) is 0 Å². The molecule has 1 spiro atoms. The van der Waals surface area contributed by atoms with Crippen molar-refractivity contribution in [1.82, 2.24) is 0 Å². The summed E-state index contributed by atoms with van der Waals surface area (Å²) in [6, 6.07) is 24.5. The average molecular weight is 587 g/mol. The average Bonchev–Trinajstić information content (AvgIpc) is 3.12. The van der Waals surface area contributed by atoms with E-state index in [1.54, 1.807) is 0 Å². The van der Waals surface area contributed by atoms with Crippen LogP contribution in [0.4, 0.5) is 0 Å². The quantitative estimate of drug-likeness (QED) is 0.333. The van der Waals surface area contributed by atoms with Crippen LogP contribution in [-0.4, -0.2) is 6.54 Å². The lowest BCUT2D eigenvalue weighted by atomic mass is 9.59. The molecule has 45 heavy (non-hydrogen) atoms. The molecule has 3 aromatic carbocycles. The molecule has 0 saturated heterocycles. The first kappa shape index (κ1) is 26.5. The van der Waals surface area contributed by atoms with Gasteiger partial charge in [0.15, 0.2) is 0 Å². The zero-order valence-corrected chi connectivity index (χ0v) is 25.4. The maximum Gasteiger partial charge on any atom is 0.133 e. The van der Waals surface area contributed by atoms with Crippen LogP contribution in [-0.2, 0) is 5.41 Å². The standard InChI is InChI=1S/C42H35NO2/c1-2-11-28(12-3-1)29-13-10-14-30(25-29)31-20-22-35-40(26-31)45-41-27-32(37-17-8-9-24-43-37)21-23-36(41)42(35)33-15-4-6-18-38(33)44-39-19-7-5-16-34(39)42/h1-2,4-6,8-11,13-18,20,22,25-27,43H,3,7,12,19,21,23-24H2/p+1. The molecule has 9 rings (SSSR count). The van der Waals surface area contributed by atoms with Crippen LogP contribution in [0.25, 0.3) is 16.7 Å². The Bertz CT molecular complexity index is 2010. The fraction of sp³-hybridized carbons (Fsp3) is 0.190. The molecule has 220 valence electrons. The van der Waals surface area contributed by atoms with E-state index >= 15 is 0 Å². The Hall–Kier alpha value is -4.86. The van der Waals surface area contributed by atoms with E-state index in [4.69, 9.17) is 9.47 Å². The van der Waals surface area contributed by atoms with Crippen molar-refractivity contribution in [3.8, 4) is 22.6 Å². The molecule has 0 saturated carbocycles. The second kappa shape index (κ2) is 10.6. The lowest BCUT2D eigenvalue weighted by molar-refractivity contribution is -0.594. The van der Waals surface area contributed by atoms with Crippen molar-refractivity contribution in [2.75, 3.05) is 6.54 Å². The highest BCUT2D eigenvalue weighted by Crippen LogP contribution is 2.61. The molecule has 0 amide bonds. The number of quaternary nitrogens is 1. The normalized spacial score (nSPS) is 22.8. The first-order valence-corrected chi connectivity index (χ1v) is 16.4. The van der Waals surface area contributed by atoms with Gasteiger partial charge in [-0.1, -0.05) is 85.0 Å². The molecule has 0 aromatic heterocycles. The van der Waals surface area contributed by atoms with Crippen LogP contribution in [0.5, 0.6) is 11.5 Å². The van der Waals surface area contributed by atoms with Gasteiger partial charge in [0.05, 0.1) is 12.0 Å². The Kier molecular flexibility index (Phi) is 6.28. The number of benzene rings is 3. The fourth-order valence-electron chi connectivity index (χ4n) is 8.10. The number of nitrogens with two attached hydrogens (primary N) is 1. The number of fused-ring (bicyclic) bond motifs is 6. The van der Waals surface area contributed by atoms with Crippen LogP contribution in [0.2, 0.25) is 0 Å². The fourth-order valence-corrected chi connectivity index (χ4v) is 8.10. The summed E-state index contributed by atoms with van der Waals surface area (Å²) in [6.07, 6.45) is 26.3. The maximum atomic E-state index is 7.02. The van der Waals surface area contributed by atoms with Crippen LogP contribution < -0.4 is 14.8 Å². The maximum absolute atomic E-state index is 7.02. The van der Waals surface area contributed by atoms with E-state index in [-0.39, 0.29) is 0 Å². The van der Waals surface area contributed by atoms with Gasteiger partial charge < -0.3 is 14.8 Å². The van der Waals surface area contributed by atoms with Gasteiger partial charge in [-0.25, -0.2) is 0 Å². The smallest absolute Gasteiger partial charge is 0.133 e. The van der Waals surface area contributed by atoms with E-state index < -0.39 is 5.41 Å². The van der Waals surface area contributed by atoms with Crippen molar-refractivity contribution in [1.29, 1.82) is 0 Å². The van der Waals surface area contributed by atoms with Gasteiger partial charge in [0.25, 0.3) is 0 Å². The van der Waals surface area contributed by atoms with Crippen molar-refractivity contribution < 1.29 is 14.8 Å². The van der Waals surface area contributed by atoms with Crippen LogP contribution in [0.15, 0.2) is 155 Å². The van der Waals surface area contributed by atoms with E-state index in [9.17, 15) is 0 Å². The summed E-state index contributed by atoms with van der Waals surface area (Å²) in [5, 5.41) is 2.33. The molecule has 1 atom stereocenters. The van der Waals surface area contributed by atoms with Gasteiger partial charge in [0.1, 0.15) is 28.7 Å². The highest BCUT2D eigenvalue weighted by molar-refractivity contribution is 5.78. The summed E-state index contributed by atoms with van der Waals surface area (Å²) in [5.74, 6) is 3.96. The molecule has 0 radical (unpaired) electrons. The summed E-state index contributed by atoms with van der Waals surface area (Å²) in [7, 11) is 0. The lowest BCUT2D eigenvalue weighted by Gasteiger charge is -2.48. The molecule has 0 bridgehead atoms. The Labute approximate surface area is 265 Å². The monoisotopic (exact) mass is 586 g/mol. The predicted octanol–water partition coefficient (Wildman–Crippen LogP) is 8.75. The van der Waals surface area contributed by atoms with E-state index in [0.717, 1.165) is 68.1 Å². The van der Waals surface area contributed by atoms with Crippen molar-refractivity contribution in [3.05, 3.63) is 172 Å². The number of para-hydroxylation sites is 1. The van der Waals surface area contributed by atoms with Crippen LogP contribution in [0.3, 0.4) is 0 Å². The number of hydrogen-bond acceptors (Lipinski definition) is 2. The molecular formula is C42H36NO2+. The van der Waals surface area contributed by atoms with Gasteiger partial charge in [-0.15, -0.1) is 0 Å². The van der Waals surface area contributed by atoms with Gasteiger partial charge >= 0.3 is 0 Å². The van der Waals surface area contributed by atoms with Crippen LogP contribution >= 0.6 is 0 Å². The van der Waals surface area contributed by atoms with Gasteiger partial charge in [-0.3, -0.25) is 0 Å². The minimum absolute atomic E-state index is 0.462. The molecule has 3 aliphatic heterocycles. The van der Waals surface area contributed by atoms with Gasteiger partial charge in [0.2, 0.25) is 0 Å². The summed E-state index contributed by atoms with van der Waals surface area (Å²) in [4.78, 5) is 0. The molecule has 2 N–H and O–H groups in total. The summed E-state index contributed by atoms with van der Waals surface area (Å²) >= 11 is 0. The summed E-state index contributed by atoms with van der Waals surface area (Å²) in [5.41, 5.74) is 12.3. The Morgan fingerprint density at radius 2 is 1.51 bits per heavy atom. The highest BCUT2D eigenvalue weighted by Gasteiger charge is 2.52. The predicted molar refractivity (Wildman–Crippen MR) is 180 cm³/mol. The van der Waals surface area contributed by atoms with Crippen molar-refractivity contribution in [3.63, 3.8) is 0 Å². The van der Waals surface area contributed by atoms with E-state index in [1.165, 1.54) is 55.8 Å². The zero-order valence-electron chi connectivity index (χ0n) is 25.4. The molecule has 3 aliphatic carbocycles.